The fourth-order valence-electron chi connectivity index (χ4n) is 1.34. The Morgan fingerprint density at radius 1 is 1.44 bits per heavy atom. The van der Waals surface area contributed by atoms with Crippen molar-refractivity contribution in [3.05, 3.63) is 28.9 Å². The van der Waals surface area contributed by atoms with Gasteiger partial charge in [-0.25, -0.2) is 14.8 Å². The molecule has 7 heteroatoms. The first kappa shape index (κ1) is 12.3. The zero-order valence-electron chi connectivity index (χ0n) is 9.93. The van der Waals surface area contributed by atoms with Crippen LogP contribution in [0.25, 0.3) is 0 Å². The van der Waals surface area contributed by atoms with E-state index in [-0.39, 0.29) is 11.3 Å². The summed E-state index contributed by atoms with van der Waals surface area (Å²) in [6.45, 7) is 1.96. The summed E-state index contributed by atoms with van der Waals surface area (Å²) < 4.78 is 4.64. The Kier molecular flexibility index (Phi) is 3.42. The zero-order valence-corrected chi connectivity index (χ0v) is 10.7. The van der Waals surface area contributed by atoms with E-state index in [1.54, 1.807) is 6.20 Å². The van der Waals surface area contributed by atoms with Gasteiger partial charge in [-0.05, 0) is 13.0 Å². The monoisotopic (exact) mass is 264 g/mol. The van der Waals surface area contributed by atoms with Crippen LogP contribution in [0.3, 0.4) is 0 Å². The lowest BCUT2D eigenvalue weighted by atomic mass is 10.2. The molecule has 2 heterocycles. The van der Waals surface area contributed by atoms with E-state index in [4.69, 9.17) is 5.73 Å². The van der Waals surface area contributed by atoms with Gasteiger partial charge >= 0.3 is 5.97 Å². The molecule has 2 rings (SSSR count). The van der Waals surface area contributed by atoms with Gasteiger partial charge in [0.05, 0.1) is 24.6 Å². The molecule has 2 aromatic rings. The molecule has 94 valence electrons. The molecule has 0 saturated heterocycles. The minimum absolute atomic E-state index is 0.280. The standard InChI is InChI=1S/C11H12N4O2S/c1-6-4-14-11(18-6)15-9-3-7(10(16)17-2)8(12)5-13-9/h3-5H,12H2,1-2H3,(H,13,14,15). The van der Waals surface area contributed by atoms with E-state index in [0.717, 1.165) is 4.88 Å². The largest absolute Gasteiger partial charge is 0.465 e. The molecule has 3 N–H and O–H groups in total. The van der Waals surface area contributed by atoms with Crippen LogP contribution in [0.2, 0.25) is 0 Å². The molecule has 0 aliphatic carbocycles. The number of hydrogen-bond donors (Lipinski definition) is 2. The average Bonchev–Trinajstić information content (AvgIpc) is 2.76. The van der Waals surface area contributed by atoms with Crippen molar-refractivity contribution < 1.29 is 9.53 Å². The lowest BCUT2D eigenvalue weighted by molar-refractivity contribution is 0.0602. The second-order valence-electron chi connectivity index (χ2n) is 3.55. The molecule has 0 bridgehead atoms. The summed E-state index contributed by atoms with van der Waals surface area (Å²) in [5.41, 5.74) is 6.22. The number of esters is 1. The van der Waals surface area contributed by atoms with Crippen molar-refractivity contribution in [1.29, 1.82) is 0 Å². The predicted octanol–water partition coefficient (Wildman–Crippen LogP) is 1.96. The second-order valence-corrected chi connectivity index (χ2v) is 4.78. The number of hydrogen-bond acceptors (Lipinski definition) is 7. The van der Waals surface area contributed by atoms with E-state index in [0.29, 0.717) is 10.9 Å². The summed E-state index contributed by atoms with van der Waals surface area (Å²) in [7, 11) is 1.31. The fraction of sp³-hybridized carbons (Fsp3) is 0.182. The van der Waals surface area contributed by atoms with Gasteiger partial charge < -0.3 is 15.8 Å². The molecule has 2 aromatic heterocycles. The van der Waals surface area contributed by atoms with Gasteiger partial charge in [0.25, 0.3) is 0 Å². The van der Waals surface area contributed by atoms with Crippen LogP contribution in [0.4, 0.5) is 16.6 Å². The lowest BCUT2D eigenvalue weighted by Gasteiger charge is -2.06. The summed E-state index contributed by atoms with van der Waals surface area (Å²) in [5, 5.41) is 3.71. The smallest absolute Gasteiger partial charge is 0.340 e. The highest BCUT2D eigenvalue weighted by atomic mass is 32.1. The number of nitrogens with two attached hydrogens (primary N) is 1. The van der Waals surface area contributed by atoms with Crippen molar-refractivity contribution in [3.8, 4) is 0 Å². The van der Waals surface area contributed by atoms with Gasteiger partial charge in [0.1, 0.15) is 5.82 Å². The number of pyridine rings is 1. The molecule has 18 heavy (non-hydrogen) atoms. The lowest BCUT2D eigenvalue weighted by Crippen LogP contribution is -2.07. The van der Waals surface area contributed by atoms with Gasteiger partial charge in [0, 0.05) is 11.1 Å². The Morgan fingerprint density at radius 3 is 2.83 bits per heavy atom. The first-order chi connectivity index (χ1) is 8.60. The number of nitrogen functional groups attached to an aromatic ring is 1. The molecule has 0 atom stereocenters. The molecule has 0 unspecified atom stereocenters. The number of ether oxygens (including phenoxy) is 1. The van der Waals surface area contributed by atoms with Crippen molar-refractivity contribution in [2.24, 2.45) is 0 Å². The molecule has 0 aromatic carbocycles. The molecule has 0 aliphatic rings. The number of nitrogens with zero attached hydrogens (tertiary/aromatic N) is 2. The van der Waals surface area contributed by atoms with Crippen LogP contribution < -0.4 is 11.1 Å². The second kappa shape index (κ2) is 5.01. The molecule has 0 radical (unpaired) electrons. The Labute approximate surface area is 108 Å². The van der Waals surface area contributed by atoms with Crippen LogP contribution >= 0.6 is 11.3 Å². The van der Waals surface area contributed by atoms with Crippen molar-refractivity contribution in [2.75, 3.05) is 18.2 Å². The van der Waals surface area contributed by atoms with Gasteiger partial charge in [-0.1, -0.05) is 0 Å². The van der Waals surface area contributed by atoms with Crippen LogP contribution in [0.5, 0.6) is 0 Å². The first-order valence-corrected chi connectivity index (χ1v) is 5.95. The summed E-state index contributed by atoms with van der Waals surface area (Å²) in [6, 6.07) is 1.54. The van der Waals surface area contributed by atoms with Crippen molar-refractivity contribution in [1.82, 2.24) is 9.97 Å². The van der Waals surface area contributed by atoms with Gasteiger partial charge in [-0.15, -0.1) is 11.3 Å². The maximum atomic E-state index is 11.5. The zero-order chi connectivity index (χ0) is 13.1. The van der Waals surface area contributed by atoms with Crippen LogP contribution in [-0.2, 0) is 4.74 Å². The van der Waals surface area contributed by atoms with E-state index in [1.165, 1.54) is 30.7 Å². The summed E-state index contributed by atoms with van der Waals surface area (Å²) in [6.07, 6.45) is 3.17. The van der Waals surface area contributed by atoms with Crippen LogP contribution in [0.15, 0.2) is 18.5 Å². The van der Waals surface area contributed by atoms with Gasteiger partial charge in [0.2, 0.25) is 0 Å². The van der Waals surface area contributed by atoms with E-state index >= 15 is 0 Å². The Bertz CT molecular complexity index is 582. The highest BCUT2D eigenvalue weighted by Crippen LogP contribution is 2.22. The van der Waals surface area contributed by atoms with Crippen molar-refractivity contribution >= 4 is 33.9 Å². The highest BCUT2D eigenvalue weighted by molar-refractivity contribution is 7.15. The number of thiazole rings is 1. The first-order valence-electron chi connectivity index (χ1n) is 5.13. The number of anilines is 3. The number of carbonyl (C=O) groups is 1. The Balaban J connectivity index is 2.27. The fourth-order valence-corrected chi connectivity index (χ4v) is 2.01. The van der Waals surface area contributed by atoms with Crippen LogP contribution in [0, 0.1) is 6.92 Å². The maximum absolute atomic E-state index is 11.5. The van der Waals surface area contributed by atoms with E-state index in [1.807, 2.05) is 6.92 Å². The minimum atomic E-state index is -0.492. The van der Waals surface area contributed by atoms with E-state index in [2.05, 4.69) is 20.0 Å². The minimum Gasteiger partial charge on any atom is -0.465 e. The van der Waals surface area contributed by atoms with Crippen molar-refractivity contribution in [3.63, 3.8) is 0 Å². The maximum Gasteiger partial charge on any atom is 0.340 e. The quantitative estimate of drug-likeness (QED) is 0.823. The number of rotatable bonds is 3. The number of aromatic nitrogens is 2. The van der Waals surface area contributed by atoms with Gasteiger partial charge in [-0.3, -0.25) is 0 Å². The third kappa shape index (κ3) is 2.57. The van der Waals surface area contributed by atoms with Crippen LogP contribution in [0.1, 0.15) is 15.2 Å². The third-order valence-corrected chi connectivity index (χ3v) is 3.02. The van der Waals surface area contributed by atoms with Gasteiger partial charge in [-0.2, -0.15) is 0 Å². The molecule has 0 fully saturated rings. The number of methoxy groups -OCH3 is 1. The topological polar surface area (TPSA) is 90.1 Å². The summed E-state index contributed by atoms with van der Waals surface area (Å²) >= 11 is 1.50. The van der Waals surface area contributed by atoms with E-state index < -0.39 is 5.97 Å². The van der Waals surface area contributed by atoms with E-state index in [9.17, 15) is 4.79 Å². The number of carbonyl (C=O) groups excluding carboxylic acids is 1. The molecule has 6 nitrogen and oxygen atoms in total. The van der Waals surface area contributed by atoms with Crippen LogP contribution in [-0.4, -0.2) is 23.0 Å². The molecule has 0 aliphatic heterocycles. The summed E-state index contributed by atoms with van der Waals surface area (Å²) in [5.74, 6) is 0.00668. The highest BCUT2D eigenvalue weighted by Gasteiger charge is 2.12. The predicted molar refractivity (Wildman–Crippen MR) is 70.1 cm³/mol. The molecule has 0 amide bonds. The van der Waals surface area contributed by atoms with Gasteiger partial charge in [0.15, 0.2) is 5.13 Å². The normalized spacial score (nSPS) is 10.1. The average molecular weight is 264 g/mol. The Morgan fingerprint density at radius 2 is 2.22 bits per heavy atom. The number of aryl methyl sites for hydroxylation is 1. The molecule has 0 saturated carbocycles. The Hall–Kier alpha value is -2.15. The molecular formula is C11H12N4O2S. The number of nitrogens with one attached hydrogen (secondary N) is 1. The van der Waals surface area contributed by atoms with Crippen molar-refractivity contribution in [2.45, 2.75) is 6.92 Å². The third-order valence-electron chi connectivity index (χ3n) is 2.20. The molecular weight excluding hydrogens is 252 g/mol. The molecule has 0 spiro atoms. The SMILES string of the molecule is COC(=O)c1cc(Nc2ncc(C)s2)ncc1N. The summed E-state index contributed by atoms with van der Waals surface area (Å²) in [4.78, 5) is 20.8.